The van der Waals surface area contributed by atoms with Crippen LogP contribution in [0.3, 0.4) is 0 Å². The van der Waals surface area contributed by atoms with Crippen LogP contribution in [0.1, 0.15) is 92.5 Å². The molecule has 1 saturated carbocycles. The van der Waals surface area contributed by atoms with Gasteiger partial charge in [-0.3, -0.25) is 9.47 Å². The summed E-state index contributed by atoms with van der Waals surface area (Å²) in [5.74, 6) is 3.26. The first-order chi connectivity index (χ1) is 16.6. The molecule has 186 valence electrons. The second-order valence-corrected chi connectivity index (χ2v) is 11.2. The number of carbonyl (C=O) groups is 1. The first-order valence-electron chi connectivity index (χ1n) is 12.2. The topological polar surface area (TPSA) is 86.3 Å². The van der Waals surface area contributed by atoms with E-state index in [0.717, 1.165) is 65.6 Å². The van der Waals surface area contributed by atoms with E-state index >= 15 is 0 Å². The number of aromatic nitrogens is 4. The molecule has 9 heteroatoms. The molecule has 0 spiro atoms. The third kappa shape index (κ3) is 4.68. The Hall–Kier alpha value is -2.87. The number of hydrogen-bond acceptors (Lipinski definition) is 6. The smallest absolute Gasteiger partial charge is 0.411 e. The maximum absolute atomic E-state index is 13.0. The fourth-order valence-corrected chi connectivity index (χ4v) is 5.38. The molecule has 1 aliphatic heterocycles. The summed E-state index contributed by atoms with van der Waals surface area (Å²) in [6.45, 7) is 10.4. The Kier molecular flexibility index (Phi) is 6.11. The highest BCUT2D eigenvalue weighted by Crippen LogP contribution is 2.42. The van der Waals surface area contributed by atoms with Crippen molar-refractivity contribution in [2.45, 2.75) is 90.8 Å². The van der Waals surface area contributed by atoms with Crippen molar-refractivity contribution < 1.29 is 14.1 Å². The summed E-state index contributed by atoms with van der Waals surface area (Å²) in [6.07, 6.45) is 3.66. The van der Waals surface area contributed by atoms with Crippen molar-refractivity contribution in [2.24, 2.45) is 0 Å². The fourth-order valence-electron chi connectivity index (χ4n) is 5.19. The lowest BCUT2D eigenvalue weighted by Crippen LogP contribution is -2.35. The van der Waals surface area contributed by atoms with Crippen LogP contribution in [0.4, 0.5) is 4.79 Å². The summed E-state index contributed by atoms with van der Waals surface area (Å²) in [5, 5.41) is 14.1. The van der Waals surface area contributed by atoms with Crippen LogP contribution >= 0.6 is 11.6 Å². The zero-order chi connectivity index (χ0) is 24.9. The highest BCUT2D eigenvalue weighted by Gasteiger charge is 2.34. The Bertz CT molecular complexity index is 1250. The van der Waals surface area contributed by atoms with E-state index in [0.29, 0.717) is 24.0 Å². The normalized spacial score (nSPS) is 20.2. The van der Waals surface area contributed by atoms with E-state index in [4.69, 9.17) is 20.9 Å². The first kappa shape index (κ1) is 23.9. The largest absolute Gasteiger partial charge is 0.444 e. The quantitative estimate of drug-likeness (QED) is 0.418. The van der Waals surface area contributed by atoms with Crippen molar-refractivity contribution in [2.75, 3.05) is 0 Å². The second kappa shape index (κ2) is 8.97. The highest BCUT2D eigenvalue weighted by molar-refractivity contribution is 6.30. The molecule has 1 amide bonds. The van der Waals surface area contributed by atoms with Gasteiger partial charge in [-0.1, -0.05) is 16.8 Å². The summed E-state index contributed by atoms with van der Waals surface area (Å²) >= 11 is 6.35. The van der Waals surface area contributed by atoms with Crippen molar-refractivity contribution in [3.8, 4) is 5.69 Å². The molecule has 2 aliphatic rings. The molecule has 2 aromatic heterocycles. The monoisotopic (exact) mass is 497 g/mol. The highest BCUT2D eigenvalue weighted by atomic mass is 35.5. The molecule has 3 heterocycles. The summed E-state index contributed by atoms with van der Waals surface area (Å²) in [6, 6.07) is 5.79. The number of fused-ring (bicyclic) bond motifs is 3. The lowest BCUT2D eigenvalue weighted by atomic mass is 9.79. The first-order valence-corrected chi connectivity index (χ1v) is 12.6. The van der Waals surface area contributed by atoms with Gasteiger partial charge in [0.15, 0.2) is 5.82 Å². The molecular weight excluding hydrogens is 466 g/mol. The number of benzene rings is 1. The van der Waals surface area contributed by atoms with Crippen LogP contribution in [0, 0.1) is 13.8 Å². The Labute approximate surface area is 210 Å². The molecule has 3 aromatic rings. The van der Waals surface area contributed by atoms with Crippen LogP contribution < -0.4 is 0 Å². The minimum atomic E-state index is -0.585. The molecule has 0 unspecified atom stereocenters. The number of rotatable bonds is 2. The van der Waals surface area contributed by atoms with Crippen molar-refractivity contribution >= 4 is 17.7 Å². The Morgan fingerprint density at radius 1 is 1.09 bits per heavy atom. The maximum Gasteiger partial charge on any atom is 0.411 e. The molecule has 0 atom stereocenters. The van der Waals surface area contributed by atoms with Gasteiger partial charge in [0.2, 0.25) is 0 Å². The predicted octanol–water partition coefficient (Wildman–Crippen LogP) is 6.22. The van der Waals surface area contributed by atoms with Gasteiger partial charge in [0.05, 0.1) is 24.5 Å². The van der Waals surface area contributed by atoms with E-state index in [1.165, 1.54) is 0 Å². The fraction of sp³-hybridized carbons (Fsp3) is 0.538. The zero-order valence-electron chi connectivity index (χ0n) is 21.0. The minimum absolute atomic E-state index is 0.275. The SMILES string of the molecule is Cc1onc(C2CCC(c3nnc4n3-c3ccc(Cl)cc3CN(C(=O)OC(C)(C)C)C4)CC2)c1C. The molecule has 35 heavy (non-hydrogen) atoms. The maximum atomic E-state index is 13.0. The lowest BCUT2D eigenvalue weighted by molar-refractivity contribution is 0.0214. The van der Waals surface area contributed by atoms with Crippen LogP contribution in [0.25, 0.3) is 5.69 Å². The van der Waals surface area contributed by atoms with Crippen LogP contribution in [0.5, 0.6) is 0 Å². The Balaban J connectivity index is 1.44. The van der Waals surface area contributed by atoms with E-state index in [2.05, 4.69) is 26.8 Å². The number of aryl methyl sites for hydroxylation is 1. The molecule has 1 aromatic carbocycles. The van der Waals surface area contributed by atoms with Gasteiger partial charge < -0.3 is 9.26 Å². The van der Waals surface area contributed by atoms with Gasteiger partial charge in [-0.05, 0) is 84.1 Å². The molecule has 0 radical (unpaired) electrons. The van der Waals surface area contributed by atoms with Crippen molar-refractivity contribution in [3.05, 3.63) is 57.5 Å². The average molecular weight is 498 g/mol. The van der Waals surface area contributed by atoms with Crippen LogP contribution in [-0.2, 0) is 17.8 Å². The van der Waals surface area contributed by atoms with E-state index in [9.17, 15) is 4.79 Å². The van der Waals surface area contributed by atoms with Crippen molar-refractivity contribution in [3.63, 3.8) is 0 Å². The van der Waals surface area contributed by atoms with E-state index in [1.807, 2.05) is 45.9 Å². The number of ether oxygens (including phenoxy) is 1. The Morgan fingerprint density at radius 2 is 1.80 bits per heavy atom. The second-order valence-electron chi connectivity index (χ2n) is 10.7. The lowest BCUT2D eigenvalue weighted by Gasteiger charge is -2.27. The van der Waals surface area contributed by atoms with Gasteiger partial charge in [-0.15, -0.1) is 10.2 Å². The van der Waals surface area contributed by atoms with E-state index < -0.39 is 5.60 Å². The van der Waals surface area contributed by atoms with Gasteiger partial charge in [0, 0.05) is 22.4 Å². The van der Waals surface area contributed by atoms with Crippen LogP contribution in [0.15, 0.2) is 22.7 Å². The minimum Gasteiger partial charge on any atom is -0.444 e. The number of amides is 1. The molecule has 0 saturated heterocycles. The van der Waals surface area contributed by atoms with Crippen molar-refractivity contribution in [1.82, 2.24) is 24.8 Å². The molecule has 8 nitrogen and oxygen atoms in total. The Morgan fingerprint density at radius 3 is 2.46 bits per heavy atom. The summed E-state index contributed by atoms with van der Waals surface area (Å²) in [7, 11) is 0. The van der Waals surface area contributed by atoms with E-state index in [1.54, 1.807) is 4.90 Å². The third-order valence-electron chi connectivity index (χ3n) is 7.05. The number of halogens is 1. The molecule has 0 N–H and O–H groups in total. The molecular formula is C26H32ClN5O3. The van der Waals surface area contributed by atoms with Crippen LogP contribution in [-0.4, -0.2) is 36.5 Å². The van der Waals surface area contributed by atoms with Gasteiger partial charge >= 0.3 is 6.09 Å². The molecule has 5 rings (SSSR count). The predicted molar refractivity (Wildman–Crippen MR) is 132 cm³/mol. The van der Waals surface area contributed by atoms with Gasteiger partial charge in [-0.25, -0.2) is 4.79 Å². The molecule has 0 bridgehead atoms. The number of hydrogen-bond donors (Lipinski definition) is 0. The summed E-state index contributed by atoms with van der Waals surface area (Å²) < 4.78 is 13.2. The van der Waals surface area contributed by atoms with Gasteiger partial charge in [0.25, 0.3) is 0 Å². The van der Waals surface area contributed by atoms with Gasteiger partial charge in [-0.2, -0.15) is 0 Å². The van der Waals surface area contributed by atoms with Crippen LogP contribution in [0.2, 0.25) is 5.02 Å². The summed E-state index contributed by atoms with van der Waals surface area (Å²) in [4.78, 5) is 14.7. The standard InChI is InChI=1S/C26H32ClN5O3/c1-15-16(2)35-30-23(15)17-6-8-18(9-7-17)24-29-28-22-14-31(25(33)34-26(3,4)5)13-19-12-20(27)10-11-21(19)32(22)24/h10-12,17-18H,6-9,13-14H2,1-5H3. The zero-order valence-corrected chi connectivity index (χ0v) is 21.7. The van der Waals surface area contributed by atoms with Gasteiger partial charge in [0.1, 0.15) is 17.2 Å². The number of nitrogens with zero attached hydrogens (tertiary/aromatic N) is 5. The average Bonchev–Trinajstić information content (AvgIpc) is 3.31. The molecule has 1 fully saturated rings. The third-order valence-corrected chi connectivity index (χ3v) is 7.29. The van der Waals surface area contributed by atoms with Crippen molar-refractivity contribution in [1.29, 1.82) is 0 Å². The van der Waals surface area contributed by atoms with E-state index in [-0.39, 0.29) is 12.0 Å². The molecule has 1 aliphatic carbocycles. The number of carbonyl (C=O) groups excluding carboxylic acids is 1. The summed E-state index contributed by atoms with van der Waals surface area (Å²) in [5.41, 5.74) is 3.59.